The summed E-state index contributed by atoms with van der Waals surface area (Å²) in [6.45, 7) is 9.25. The van der Waals surface area contributed by atoms with E-state index in [4.69, 9.17) is 9.47 Å². The Labute approximate surface area is 121 Å². The molecule has 4 nitrogen and oxygen atoms in total. The number of piperazine rings is 1. The van der Waals surface area contributed by atoms with E-state index in [0.29, 0.717) is 12.8 Å². The van der Waals surface area contributed by atoms with Gasteiger partial charge in [0.05, 0.1) is 0 Å². The lowest BCUT2D eigenvalue weighted by Gasteiger charge is -2.34. The van der Waals surface area contributed by atoms with Gasteiger partial charge >= 0.3 is 0 Å². The van der Waals surface area contributed by atoms with E-state index < -0.39 is 0 Å². The average molecular weight is 276 g/mol. The van der Waals surface area contributed by atoms with E-state index >= 15 is 0 Å². The van der Waals surface area contributed by atoms with Gasteiger partial charge in [0, 0.05) is 32.2 Å². The molecule has 1 saturated heterocycles. The molecule has 1 atom stereocenters. The summed E-state index contributed by atoms with van der Waals surface area (Å²) in [4.78, 5) is 2.53. The first-order valence-electron chi connectivity index (χ1n) is 7.55. The molecule has 1 unspecified atom stereocenters. The molecule has 20 heavy (non-hydrogen) atoms. The Balaban J connectivity index is 1.59. The molecule has 0 spiro atoms. The van der Waals surface area contributed by atoms with Crippen LogP contribution in [-0.4, -0.2) is 37.4 Å². The van der Waals surface area contributed by atoms with E-state index in [9.17, 15) is 0 Å². The third-order valence-corrected chi connectivity index (χ3v) is 3.94. The van der Waals surface area contributed by atoms with Crippen LogP contribution in [0.25, 0.3) is 0 Å². The highest BCUT2D eigenvalue weighted by atomic mass is 16.7. The van der Waals surface area contributed by atoms with Crippen molar-refractivity contribution >= 4 is 0 Å². The molecular weight excluding hydrogens is 252 g/mol. The van der Waals surface area contributed by atoms with Gasteiger partial charge in [-0.1, -0.05) is 19.9 Å². The molecule has 0 amide bonds. The van der Waals surface area contributed by atoms with Crippen LogP contribution in [0, 0.1) is 5.92 Å². The summed E-state index contributed by atoms with van der Waals surface area (Å²) in [5.41, 5.74) is 1.31. The minimum absolute atomic E-state index is 0.350. The summed E-state index contributed by atoms with van der Waals surface area (Å²) >= 11 is 0. The summed E-state index contributed by atoms with van der Waals surface area (Å²) in [5.74, 6) is 2.50. The maximum atomic E-state index is 5.45. The van der Waals surface area contributed by atoms with Gasteiger partial charge < -0.3 is 14.8 Å². The monoisotopic (exact) mass is 276 g/mol. The highest BCUT2D eigenvalue weighted by molar-refractivity contribution is 5.44. The quantitative estimate of drug-likeness (QED) is 0.914. The van der Waals surface area contributed by atoms with Gasteiger partial charge in [-0.15, -0.1) is 0 Å². The molecule has 0 bridgehead atoms. The summed E-state index contributed by atoms with van der Waals surface area (Å²) in [6.07, 6.45) is 1.25. The van der Waals surface area contributed by atoms with Crippen molar-refractivity contribution < 1.29 is 9.47 Å². The largest absolute Gasteiger partial charge is 0.454 e. The second-order valence-electron chi connectivity index (χ2n) is 6.20. The first-order chi connectivity index (χ1) is 9.70. The zero-order valence-corrected chi connectivity index (χ0v) is 12.4. The van der Waals surface area contributed by atoms with Gasteiger partial charge in [0.2, 0.25) is 6.79 Å². The van der Waals surface area contributed by atoms with Crippen LogP contribution in [0.15, 0.2) is 18.2 Å². The topological polar surface area (TPSA) is 33.7 Å². The zero-order chi connectivity index (χ0) is 13.9. The van der Waals surface area contributed by atoms with E-state index in [-0.39, 0.29) is 0 Å². The van der Waals surface area contributed by atoms with Crippen LogP contribution in [0.4, 0.5) is 0 Å². The lowest BCUT2D eigenvalue weighted by atomic mass is 10.0. The Morgan fingerprint density at radius 1 is 1.30 bits per heavy atom. The van der Waals surface area contributed by atoms with Gasteiger partial charge in [-0.2, -0.15) is 0 Å². The summed E-state index contributed by atoms with van der Waals surface area (Å²) in [7, 11) is 0. The fourth-order valence-electron chi connectivity index (χ4n) is 3.06. The smallest absolute Gasteiger partial charge is 0.231 e. The molecular formula is C16H24N2O2. The van der Waals surface area contributed by atoms with Crippen LogP contribution < -0.4 is 14.8 Å². The highest BCUT2D eigenvalue weighted by Gasteiger charge is 2.21. The van der Waals surface area contributed by atoms with Gasteiger partial charge in [-0.25, -0.2) is 0 Å². The molecule has 1 N–H and O–H groups in total. The Morgan fingerprint density at radius 2 is 2.15 bits per heavy atom. The van der Waals surface area contributed by atoms with E-state index in [1.807, 2.05) is 6.07 Å². The van der Waals surface area contributed by atoms with Crippen molar-refractivity contribution in [3.63, 3.8) is 0 Å². The standard InChI is InChI=1S/C16H24N2O2/c1-12(2)7-14-10-18(6-5-17-14)9-13-3-4-15-16(8-13)20-11-19-15/h3-4,8,12,14,17H,5-7,9-11H2,1-2H3. The molecule has 3 rings (SSSR count). The molecule has 1 aromatic rings. The Kier molecular flexibility index (Phi) is 4.13. The van der Waals surface area contributed by atoms with Crippen LogP contribution in [0.3, 0.4) is 0 Å². The summed E-state index contributed by atoms with van der Waals surface area (Å²) < 4.78 is 10.8. The van der Waals surface area contributed by atoms with Gasteiger partial charge in [0.1, 0.15) is 0 Å². The van der Waals surface area contributed by atoms with Crippen LogP contribution in [0.5, 0.6) is 11.5 Å². The molecule has 2 aliphatic heterocycles. The molecule has 0 aliphatic carbocycles. The van der Waals surface area contributed by atoms with Crippen LogP contribution in [-0.2, 0) is 6.54 Å². The number of rotatable bonds is 4. The number of fused-ring (bicyclic) bond motifs is 1. The number of hydrogen-bond acceptors (Lipinski definition) is 4. The second kappa shape index (κ2) is 6.02. The summed E-state index contributed by atoms with van der Waals surface area (Å²) in [5, 5.41) is 3.62. The number of benzene rings is 1. The van der Waals surface area contributed by atoms with Crippen molar-refractivity contribution in [3.05, 3.63) is 23.8 Å². The molecule has 4 heteroatoms. The normalized spacial score (nSPS) is 22.4. The SMILES string of the molecule is CC(C)CC1CN(Cc2ccc3c(c2)OCO3)CCN1. The van der Waals surface area contributed by atoms with E-state index in [1.54, 1.807) is 0 Å². The Hall–Kier alpha value is -1.26. The van der Waals surface area contributed by atoms with Gasteiger partial charge in [-0.05, 0) is 30.0 Å². The molecule has 2 aliphatic rings. The third kappa shape index (κ3) is 3.25. The number of ether oxygens (including phenoxy) is 2. The molecule has 110 valence electrons. The minimum Gasteiger partial charge on any atom is -0.454 e. The van der Waals surface area contributed by atoms with Crippen LogP contribution >= 0.6 is 0 Å². The van der Waals surface area contributed by atoms with E-state index in [1.165, 1.54) is 12.0 Å². The predicted octanol–water partition coefficient (Wildman–Crippen LogP) is 2.24. The predicted molar refractivity (Wildman–Crippen MR) is 79.1 cm³/mol. The van der Waals surface area contributed by atoms with Crippen molar-refractivity contribution in [3.8, 4) is 11.5 Å². The fourth-order valence-corrected chi connectivity index (χ4v) is 3.06. The Morgan fingerprint density at radius 3 is 3.00 bits per heavy atom. The molecule has 0 aromatic heterocycles. The van der Waals surface area contributed by atoms with Gasteiger partial charge in [0.15, 0.2) is 11.5 Å². The average Bonchev–Trinajstić information content (AvgIpc) is 2.85. The molecule has 0 saturated carbocycles. The van der Waals surface area contributed by atoms with Crippen molar-refractivity contribution in [1.82, 2.24) is 10.2 Å². The number of hydrogen-bond donors (Lipinski definition) is 1. The van der Waals surface area contributed by atoms with E-state index in [0.717, 1.165) is 43.6 Å². The maximum Gasteiger partial charge on any atom is 0.231 e. The highest BCUT2D eigenvalue weighted by Crippen LogP contribution is 2.32. The zero-order valence-electron chi connectivity index (χ0n) is 12.4. The number of nitrogens with zero attached hydrogens (tertiary/aromatic N) is 1. The van der Waals surface area contributed by atoms with Gasteiger partial charge in [0.25, 0.3) is 0 Å². The van der Waals surface area contributed by atoms with Crippen molar-refractivity contribution in [2.45, 2.75) is 32.9 Å². The Bertz CT molecular complexity index is 462. The fraction of sp³-hybridized carbons (Fsp3) is 0.625. The molecule has 1 aromatic carbocycles. The molecule has 2 heterocycles. The first kappa shape index (κ1) is 13.7. The van der Waals surface area contributed by atoms with E-state index in [2.05, 4.69) is 36.2 Å². The minimum atomic E-state index is 0.350. The lowest BCUT2D eigenvalue weighted by molar-refractivity contribution is 0.173. The first-order valence-corrected chi connectivity index (χ1v) is 7.55. The molecule has 0 radical (unpaired) electrons. The lowest BCUT2D eigenvalue weighted by Crippen LogP contribution is -2.50. The van der Waals surface area contributed by atoms with Crippen molar-refractivity contribution in [2.24, 2.45) is 5.92 Å². The summed E-state index contributed by atoms with van der Waals surface area (Å²) in [6, 6.07) is 6.90. The van der Waals surface area contributed by atoms with Crippen LogP contribution in [0.1, 0.15) is 25.8 Å². The van der Waals surface area contributed by atoms with Gasteiger partial charge in [-0.3, -0.25) is 4.90 Å². The van der Waals surface area contributed by atoms with Crippen molar-refractivity contribution in [1.29, 1.82) is 0 Å². The van der Waals surface area contributed by atoms with Crippen LogP contribution in [0.2, 0.25) is 0 Å². The second-order valence-corrected chi connectivity index (χ2v) is 6.20. The molecule has 1 fully saturated rings. The third-order valence-electron chi connectivity index (χ3n) is 3.94. The number of nitrogens with one attached hydrogen (secondary N) is 1. The van der Waals surface area contributed by atoms with Crippen molar-refractivity contribution in [2.75, 3.05) is 26.4 Å². The maximum absolute atomic E-state index is 5.45.